The number of H-pyrrole nitrogens is 1. The molecule has 0 radical (unpaired) electrons. The summed E-state index contributed by atoms with van der Waals surface area (Å²) in [5.74, 6) is 0. The molecule has 3 rings (SSSR count). The van der Waals surface area contributed by atoms with Crippen LogP contribution in [-0.4, -0.2) is 25.9 Å². The summed E-state index contributed by atoms with van der Waals surface area (Å²) >= 11 is 1.52. The molecule has 0 bridgehead atoms. The Balaban J connectivity index is 1.94. The highest BCUT2D eigenvalue weighted by atomic mass is 32.2. The van der Waals surface area contributed by atoms with Crippen LogP contribution in [0.4, 0.5) is 5.69 Å². The number of anilines is 1. The van der Waals surface area contributed by atoms with Crippen LogP contribution in [0.5, 0.6) is 0 Å². The first kappa shape index (κ1) is 14.4. The van der Waals surface area contributed by atoms with Gasteiger partial charge in [-0.2, -0.15) is 15.6 Å². The Kier molecular flexibility index (Phi) is 4.00. The maximum Gasteiger partial charge on any atom is 0.191 e. The zero-order valence-corrected chi connectivity index (χ0v) is 13.2. The van der Waals surface area contributed by atoms with Gasteiger partial charge in [0, 0.05) is 16.8 Å². The summed E-state index contributed by atoms with van der Waals surface area (Å²) in [6, 6.07) is 13.6. The lowest BCUT2D eigenvalue weighted by molar-refractivity contribution is 0.690. The predicted octanol–water partition coefficient (Wildman–Crippen LogP) is 2.78. The second kappa shape index (κ2) is 6.09. The Bertz CT molecular complexity index is 877. The highest BCUT2D eigenvalue weighted by Crippen LogP contribution is 2.35. The molecule has 110 valence electrons. The van der Waals surface area contributed by atoms with Crippen LogP contribution < -0.4 is 4.72 Å². The summed E-state index contributed by atoms with van der Waals surface area (Å²) in [5, 5.41) is 19.3. The van der Waals surface area contributed by atoms with Gasteiger partial charge in [0.1, 0.15) is 22.7 Å². The van der Waals surface area contributed by atoms with Crippen LogP contribution in [0, 0.1) is 11.3 Å². The normalized spacial score (nSPS) is 11.8. The Hall–Kier alpha value is -2.50. The van der Waals surface area contributed by atoms with Crippen molar-refractivity contribution < 1.29 is 4.21 Å². The quantitative estimate of drug-likeness (QED) is 0.769. The van der Waals surface area contributed by atoms with Gasteiger partial charge >= 0.3 is 0 Å². The zero-order valence-electron chi connectivity index (χ0n) is 11.5. The second-order valence-electron chi connectivity index (χ2n) is 4.43. The number of rotatable bonds is 4. The summed E-state index contributed by atoms with van der Waals surface area (Å²) in [7, 11) is -1.11. The summed E-state index contributed by atoms with van der Waals surface area (Å²) in [5.41, 5.74) is 2.65. The Morgan fingerprint density at radius 2 is 2.09 bits per heavy atom. The van der Waals surface area contributed by atoms with Gasteiger partial charge in [-0.05, 0) is 29.8 Å². The first-order chi connectivity index (χ1) is 10.7. The fourth-order valence-corrected chi connectivity index (χ4v) is 3.45. The molecule has 1 aromatic carbocycles. The number of hydrogen-bond acceptors (Lipinski definition) is 5. The number of nitriles is 1. The van der Waals surface area contributed by atoms with E-state index >= 15 is 0 Å². The van der Waals surface area contributed by atoms with E-state index in [1.165, 1.54) is 11.3 Å². The number of nitrogens with zero attached hydrogens (tertiary/aromatic N) is 3. The van der Waals surface area contributed by atoms with Gasteiger partial charge in [-0.1, -0.05) is 12.1 Å². The van der Waals surface area contributed by atoms with E-state index in [1.54, 1.807) is 6.26 Å². The highest BCUT2D eigenvalue weighted by molar-refractivity contribution is 7.85. The van der Waals surface area contributed by atoms with Crippen LogP contribution in [0.2, 0.25) is 0 Å². The van der Waals surface area contributed by atoms with Gasteiger partial charge in [0.15, 0.2) is 5.69 Å². The van der Waals surface area contributed by atoms with Crippen molar-refractivity contribution in [2.45, 2.75) is 0 Å². The van der Waals surface area contributed by atoms with Crippen LogP contribution >= 0.6 is 11.3 Å². The molecule has 8 heteroatoms. The molecule has 2 heterocycles. The SMILES string of the molecule is CS(=O)Nc1cccc(-c2ccc(-c3n[nH]nc3C#N)s2)c1. The van der Waals surface area contributed by atoms with Gasteiger partial charge in [0.05, 0.1) is 4.88 Å². The lowest BCUT2D eigenvalue weighted by atomic mass is 10.1. The third-order valence-electron chi connectivity index (χ3n) is 2.90. The van der Waals surface area contributed by atoms with E-state index in [4.69, 9.17) is 5.26 Å². The molecule has 0 aliphatic heterocycles. The Labute approximate surface area is 133 Å². The van der Waals surface area contributed by atoms with Gasteiger partial charge in [0.25, 0.3) is 0 Å². The molecule has 2 N–H and O–H groups in total. The molecular weight excluding hydrogens is 318 g/mol. The van der Waals surface area contributed by atoms with Crippen molar-refractivity contribution in [1.82, 2.24) is 15.4 Å². The molecule has 0 amide bonds. The molecule has 2 aromatic heterocycles. The molecule has 0 saturated heterocycles. The van der Waals surface area contributed by atoms with Crippen molar-refractivity contribution in [3.05, 3.63) is 42.1 Å². The average Bonchev–Trinajstić information content (AvgIpc) is 3.15. The summed E-state index contributed by atoms with van der Waals surface area (Å²) in [4.78, 5) is 1.91. The minimum atomic E-state index is -1.11. The number of hydrogen-bond donors (Lipinski definition) is 2. The standard InChI is InChI=1S/C14H11N5OS2/c1-22(20)18-10-4-2-3-9(7-10)12-5-6-13(21-12)14-11(8-15)16-19-17-14/h2-7,18H,1H3,(H,16,17,19). The van der Waals surface area contributed by atoms with Crippen molar-refractivity contribution >= 4 is 28.0 Å². The smallest absolute Gasteiger partial charge is 0.191 e. The van der Waals surface area contributed by atoms with Crippen molar-refractivity contribution in [3.63, 3.8) is 0 Å². The monoisotopic (exact) mass is 329 g/mol. The predicted molar refractivity (Wildman–Crippen MR) is 87.5 cm³/mol. The minimum absolute atomic E-state index is 0.283. The van der Waals surface area contributed by atoms with Crippen molar-refractivity contribution in [2.24, 2.45) is 0 Å². The first-order valence-electron chi connectivity index (χ1n) is 6.29. The third-order valence-corrected chi connectivity index (χ3v) is 4.57. The first-order valence-corrected chi connectivity index (χ1v) is 8.66. The summed E-state index contributed by atoms with van der Waals surface area (Å²) < 4.78 is 14.1. The maximum atomic E-state index is 11.2. The zero-order chi connectivity index (χ0) is 15.5. The van der Waals surface area contributed by atoms with E-state index in [9.17, 15) is 4.21 Å². The summed E-state index contributed by atoms with van der Waals surface area (Å²) in [6.45, 7) is 0. The maximum absolute atomic E-state index is 11.2. The molecular formula is C14H11N5OS2. The molecule has 1 unspecified atom stereocenters. The van der Waals surface area contributed by atoms with E-state index in [0.29, 0.717) is 5.69 Å². The van der Waals surface area contributed by atoms with E-state index < -0.39 is 11.0 Å². The van der Waals surface area contributed by atoms with Crippen molar-refractivity contribution in [3.8, 4) is 27.1 Å². The second-order valence-corrected chi connectivity index (χ2v) is 6.63. The number of benzene rings is 1. The lowest BCUT2D eigenvalue weighted by Crippen LogP contribution is -2.00. The highest BCUT2D eigenvalue weighted by Gasteiger charge is 2.13. The molecule has 0 saturated carbocycles. The van der Waals surface area contributed by atoms with Gasteiger partial charge in [-0.25, -0.2) is 4.21 Å². The number of nitrogens with one attached hydrogen (secondary N) is 2. The fraction of sp³-hybridized carbons (Fsp3) is 0.0714. The minimum Gasteiger partial charge on any atom is -0.305 e. The number of aromatic amines is 1. The van der Waals surface area contributed by atoms with Gasteiger partial charge in [0.2, 0.25) is 0 Å². The molecule has 0 fully saturated rings. The van der Waals surface area contributed by atoms with Crippen molar-refractivity contribution in [1.29, 1.82) is 5.26 Å². The summed E-state index contributed by atoms with van der Waals surface area (Å²) in [6.07, 6.45) is 1.59. The van der Waals surface area contributed by atoms with Crippen LogP contribution in [0.25, 0.3) is 21.0 Å². The third kappa shape index (κ3) is 2.90. The van der Waals surface area contributed by atoms with Crippen molar-refractivity contribution in [2.75, 3.05) is 11.0 Å². The van der Waals surface area contributed by atoms with Crippen LogP contribution in [0.15, 0.2) is 36.4 Å². The van der Waals surface area contributed by atoms with E-state index in [0.717, 1.165) is 21.0 Å². The molecule has 0 aliphatic rings. The lowest BCUT2D eigenvalue weighted by Gasteiger charge is -2.04. The van der Waals surface area contributed by atoms with Crippen LogP contribution in [0.3, 0.4) is 0 Å². The number of aromatic nitrogens is 3. The van der Waals surface area contributed by atoms with E-state index in [1.807, 2.05) is 42.5 Å². The van der Waals surface area contributed by atoms with Crippen LogP contribution in [0.1, 0.15) is 5.69 Å². The molecule has 0 aliphatic carbocycles. The topological polar surface area (TPSA) is 94.5 Å². The number of thiophene rings is 1. The largest absolute Gasteiger partial charge is 0.305 e. The molecule has 22 heavy (non-hydrogen) atoms. The Morgan fingerprint density at radius 3 is 2.86 bits per heavy atom. The van der Waals surface area contributed by atoms with Gasteiger partial charge in [-0.3, -0.25) is 0 Å². The average molecular weight is 329 g/mol. The molecule has 0 spiro atoms. The van der Waals surface area contributed by atoms with E-state index in [-0.39, 0.29) is 5.69 Å². The van der Waals surface area contributed by atoms with Crippen LogP contribution in [-0.2, 0) is 11.0 Å². The Morgan fingerprint density at radius 1 is 1.27 bits per heavy atom. The van der Waals surface area contributed by atoms with E-state index in [2.05, 4.69) is 20.1 Å². The van der Waals surface area contributed by atoms with Gasteiger partial charge in [-0.15, -0.1) is 16.4 Å². The molecule has 6 nitrogen and oxygen atoms in total. The van der Waals surface area contributed by atoms with Gasteiger partial charge < -0.3 is 4.72 Å². The molecule has 1 atom stereocenters. The molecule has 3 aromatic rings. The fourth-order valence-electron chi connectivity index (χ4n) is 2.00.